The molecular weight excluding hydrogens is 364 g/mol. The van der Waals surface area contributed by atoms with Crippen molar-refractivity contribution in [2.75, 3.05) is 5.75 Å². The number of para-hydroxylation sites is 1. The number of hydrazone groups is 1. The van der Waals surface area contributed by atoms with Gasteiger partial charge in [0.25, 0.3) is 0 Å². The zero-order chi connectivity index (χ0) is 15.8. The van der Waals surface area contributed by atoms with Crippen molar-refractivity contribution in [1.82, 2.24) is 5.43 Å². The van der Waals surface area contributed by atoms with Gasteiger partial charge in [0.15, 0.2) is 0 Å². The third-order valence-electron chi connectivity index (χ3n) is 2.78. The summed E-state index contributed by atoms with van der Waals surface area (Å²) in [6, 6.07) is 14.7. The van der Waals surface area contributed by atoms with Crippen LogP contribution in [0.2, 0.25) is 0 Å². The molecule has 22 heavy (non-hydrogen) atoms. The number of phenolic OH excluding ortho intramolecular Hbond substituents is 1. The van der Waals surface area contributed by atoms with Crippen molar-refractivity contribution in [3.8, 4) is 5.75 Å². The highest BCUT2D eigenvalue weighted by molar-refractivity contribution is 9.10. The van der Waals surface area contributed by atoms with Crippen LogP contribution in [-0.4, -0.2) is 23.0 Å². The van der Waals surface area contributed by atoms with E-state index < -0.39 is 0 Å². The summed E-state index contributed by atoms with van der Waals surface area (Å²) in [5.41, 5.74) is 4.16. The Labute approximate surface area is 141 Å². The Bertz CT molecular complexity index is 677. The molecular formula is C16H15BrN2O2S. The number of amides is 1. The van der Waals surface area contributed by atoms with Crippen molar-refractivity contribution in [2.24, 2.45) is 5.10 Å². The summed E-state index contributed by atoms with van der Waals surface area (Å²) in [6.07, 6.45) is 1.42. The van der Waals surface area contributed by atoms with E-state index in [1.807, 2.05) is 24.3 Å². The van der Waals surface area contributed by atoms with Gasteiger partial charge in [-0.15, -0.1) is 11.8 Å². The first-order valence-corrected chi connectivity index (χ1v) is 8.52. The molecule has 0 saturated heterocycles. The van der Waals surface area contributed by atoms with Gasteiger partial charge in [0.2, 0.25) is 5.91 Å². The molecule has 6 heteroatoms. The van der Waals surface area contributed by atoms with E-state index in [-0.39, 0.29) is 11.7 Å². The smallest absolute Gasteiger partial charge is 0.250 e. The number of aromatic hydroxyl groups is 1. The molecule has 0 spiro atoms. The number of halogens is 1. The van der Waals surface area contributed by atoms with Crippen LogP contribution in [0.15, 0.2) is 58.1 Å². The molecule has 0 aliphatic rings. The Morgan fingerprint density at radius 3 is 2.73 bits per heavy atom. The third kappa shape index (κ3) is 5.20. The third-order valence-corrected chi connectivity index (χ3v) is 4.53. The van der Waals surface area contributed by atoms with Gasteiger partial charge < -0.3 is 5.11 Å². The molecule has 2 rings (SSSR count). The predicted octanol–water partition coefficient (Wildman–Crippen LogP) is 3.54. The maximum atomic E-state index is 11.7. The van der Waals surface area contributed by atoms with E-state index in [9.17, 15) is 9.90 Å². The first-order valence-electron chi connectivity index (χ1n) is 6.58. The molecule has 0 fully saturated rings. The zero-order valence-electron chi connectivity index (χ0n) is 11.7. The van der Waals surface area contributed by atoms with Gasteiger partial charge in [-0.2, -0.15) is 5.10 Å². The second-order valence-corrected chi connectivity index (χ2v) is 6.28. The Morgan fingerprint density at radius 1 is 1.23 bits per heavy atom. The highest BCUT2D eigenvalue weighted by atomic mass is 79.9. The van der Waals surface area contributed by atoms with E-state index in [0.29, 0.717) is 11.3 Å². The predicted molar refractivity (Wildman–Crippen MR) is 94.1 cm³/mol. The average Bonchev–Trinajstić information content (AvgIpc) is 2.51. The van der Waals surface area contributed by atoms with Gasteiger partial charge in [0, 0.05) is 15.8 Å². The van der Waals surface area contributed by atoms with Gasteiger partial charge in [-0.05, 0) is 23.8 Å². The van der Waals surface area contributed by atoms with Crippen LogP contribution >= 0.6 is 27.7 Å². The number of nitrogens with zero attached hydrogens (tertiary/aromatic N) is 1. The number of thioether (sulfide) groups is 1. The average molecular weight is 379 g/mol. The molecule has 2 aromatic rings. The molecule has 0 aliphatic heterocycles. The van der Waals surface area contributed by atoms with E-state index >= 15 is 0 Å². The molecule has 2 aromatic carbocycles. The number of benzene rings is 2. The second-order valence-electron chi connectivity index (χ2n) is 4.44. The van der Waals surface area contributed by atoms with Crippen molar-refractivity contribution in [3.05, 3.63) is 64.1 Å². The van der Waals surface area contributed by atoms with Crippen molar-refractivity contribution in [2.45, 2.75) is 5.75 Å². The molecule has 0 bridgehead atoms. The van der Waals surface area contributed by atoms with Gasteiger partial charge in [-0.1, -0.05) is 46.3 Å². The zero-order valence-corrected chi connectivity index (χ0v) is 14.1. The maximum absolute atomic E-state index is 11.7. The molecule has 0 heterocycles. The molecule has 0 radical (unpaired) electrons. The highest BCUT2D eigenvalue weighted by Gasteiger charge is 2.03. The Balaban J connectivity index is 1.75. The van der Waals surface area contributed by atoms with Gasteiger partial charge in [0.05, 0.1) is 12.0 Å². The van der Waals surface area contributed by atoms with Crippen molar-refractivity contribution < 1.29 is 9.90 Å². The van der Waals surface area contributed by atoms with Crippen LogP contribution in [0.5, 0.6) is 5.75 Å². The van der Waals surface area contributed by atoms with Crippen LogP contribution in [0.3, 0.4) is 0 Å². The first-order chi connectivity index (χ1) is 10.7. The van der Waals surface area contributed by atoms with Gasteiger partial charge in [0.1, 0.15) is 5.75 Å². The Kier molecular flexibility index (Phi) is 6.48. The fraction of sp³-hybridized carbons (Fsp3) is 0.125. The summed E-state index contributed by atoms with van der Waals surface area (Å²) in [5, 5.41) is 13.4. The monoisotopic (exact) mass is 378 g/mol. The lowest BCUT2D eigenvalue weighted by molar-refractivity contribution is -0.118. The highest BCUT2D eigenvalue weighted by Crippen LogP contribution is 2.21. The minimum Gasteiger partial charge on any atom is -0.507 e. The molecule has 0 aliphatic carbocycles. The minimum atomic E-state index is -0.177. The van der Waals surface area contributed by atoms with E-state index in [2.05, 4.69) is 26.5 Å². The lowest BCUT2D eigenvalue weighted by atomic mass is 10.2. The van der Waals surface area contributed by atoms with Crippen LogP contribution in [0.25, 0.3) is 0 Å². The molecule has 114 valence electrons. The minimum absolute atomic E-state index is 0.129. The number of rotatable bonds is 6. The number of phenols is 1. The standard InChI is InChI=1S/C16H15BrN2O2S/c17-14-7-3-1-6-13(14)10-22-11-16(21)19-18-9-12-5-2-4-8-15(12)20/h1-9,20H,10-11H2,(H,19,21)/b18-9-. The van der Waals surface area contributed by atoms with Gasteiger partial charge in [-0.3, -0.25) is 4.79 Å². The fourth-order valence-electron chi connectivity index (χ4n) is 1.67. The molecule has 0 unspecified atom stereocenters. The van der Waals surface area contributed by atoms with Crippen molar-refractivity contribution in [1.29, 1.82) is 0 Å². The SMILES string of the molecule is O=C(CSCc1ccccc1Br)N/N=C\c1ccccc1O. The molecule has 0 atom stereocenters. The van der Waals surface area contributed by atoms with E-state index in [0.717, 1.165) is 15.8 Å². The van der Waals surface area contributed by atoms with E-state index in [4.69, 9.17) is 0 Å². The molecule has 0 saturated carbocycles. The summed E-state index contributed by atoms with van der Waals surface area (Å²) in [4.78, 5) is 11.7. The summed E-state index contributed by atoms with van der Waals surface area (Å²) in [7, 11) is 0. The first kappa shape index (κ1) is 16.6. The van der Waals surface area contributed by atoms with Crippen molar-refractivity contribution in [3.63, 3.8) is 0 Å². The number of carbonyl (C=O) groups is 1. The van der Waals surface area contributed by atoms with Crippen LogP contribution in [0, 0.1) is 0 Å². The van der Waals surface area contributed by atoms with Crippen LogP contribution < -0.4 is 5.43 Å². The van der Waals surface area contributed by atoms with Crippen LogP contribution in [0.4, 0.5) is 0 Å². The second kappa shape index (κ2) is 8.60. The summed E-state index contributed by atoms with van der Waals surface area (Å²) in [6.45, 7) is 0. The quantitative estimate of drug-likeness (QED) is 0.596. The Hall–Kier alpha value is -1.79. The number of hydrogen-bond acceptors (Lipinski definition) is 4. The fourth-order valence-corrected chi connectivity index (χ4v) is 3.11. The molecule has 2 N–H and O–H groups in total. The molecule has 4 nitrogen and oxygen atoms in total. The van der Waals surface area contributed by atoms with Crippen molar-refractivity contribution >= 4 is 39.8 Å². The summed E-state index contributed by atoms with van der Waals surface area (Å²) >= 11 is 4.99. The Morgan fingerprint density at radius 2 is 1.95 bits per heavy atom. The lowest BCUT2D eigenvalue weighted by Crippen LogP contribution is -2.19. The molecule has 1 amide bonds. The summed E-state index contributed by atoms with van der Waals surface area (Å²) in [5.74, 6) is 1.02. The number of carbonyl (C=O) groups excluding carboxylic acids is 1. The van der Waals surface area contributed by atoms with Gasteiger partial charge in [-0.25, -0.2) is 5.43 Å². The van der Waals surface area contributed by atoms with Crippen LogP contribution in [0.1, 0.15) is 11.1 Å². The number of nitrogens with one attached hydrogen (secondary N) is 1. The maximum Gasteiger partial charge on any atom is 0.250 e. The topological polar surface area (TPSA) is 61.7 Å². The lowest BCUT2D eigenvalue weighted by Gasteiger charge is -2.03. The van der Waals surface area contributed by atoms with Crippen LogP contribution in [-0.2, 0) is 10.5 Å². The number of hydrogen-bond donors (Lipinski definition) is 2. The van der Waals surface area contributed by atoms with Gasteiger partial charge >= 0.3 is 0 Å². The van der Waals surface area contributed by atoms with E-state index in [1.54, 1.807) is 24.3 Å². The normalized spacial score (nSPS) is 10.8. The largest absolute Gasteiger partial charge is 0.507 e. The van der Waals surface area contributed by atoms with E-state index in [1.165, 1.54) is 18.0 Å². The summed E-state index contributed by atoms with van der Waals surface area (Å²) < 4.78 is 1.04. The molecule has 0 aromatic heterocycles.